The number of hydrogen-bond acceptors (Lipinski definition) is 3. The summed E-state index contributed by atoms with van der Waals surface area (Å²) in [6, 6.07) is 26.6. The van der Waals surface area contributed by atoms with E-state index in [9.17, 15) is 9.90 Å². The average molecular weight is 481 g/mol. The van der Waals surface area contributed by atoms with Gasteiger partial charge in [-0.05, 0) is 77.1 Å². The fraction of sp³-hybridized carbons (Fsp3) is 0.194. The second-order valence-corrected chi connectivity index (χ2v) is 10.2. The van der Waals surface area contributed by atoms with Gasteiger partial charge in [0.05, 0.1) is 0 Å². The Morgan fingerprint density at radius 2 is 1.71 bits per heavy atom. The standard InChI is InChI=1S/C31H28O3S/c1-4-22-17-24(14-15-26(22)34-27(31(32)33)16-21-10-6-5-7-11-21)30-25-13-9-8-12-23(25)18-28-29(30)19(2)20(3)35-28/h5-15,17-18,27H,4,16H2,1-3H3,(H,32,33)/t27-/m1/s1. The van der Waals surface area contributed by atoms with Crippen LogP contribution >= 0.6 is 11.3 Å². The highest BCUT2D eigenvalue weighted by molar-refractivity contribution is 7.19. The molecule has 0 amide bonds. The number of fused-ring (bicyclic) bond motifs is 2. The van der Waals surface area contributed by atoms with E-state index in [1.54, 1.807) is 0 Å². The summed E-state index contributed by atoms with van der Waals surface area (Å²) < 4.78 is 7.39. The zero-order chi connectivity index (χ0) is 24.5. The second kappa shape index (κ2) is 9.55. The third-order valence-corrected chi connectivity index (χ3v) is 7.87. The van der Waals surface area contributed by atoms with Gasteiger partial charge < -0.3 is 9.84 Å². The number of rotatable bonds is 7. The Bertz CT molecular complexity index is 1530. The van der Waals surface area contributed by atoms with Crippen molar-refractivity contribution in [2.75, 3.05) is 0 Å². The number of thiophene rings is 1. The summed E-state index contributed by atoms with van der Waals surface area (Å²) in [6.07, 6.45) is 0.119. The highest BCUT2D eigenvalue weighted by atomic mass is 32.1. The molecule has 5 rings (SSSR count). The van der Waals surface area contributed by atoms with E-state index in [1.165, 1.54) is 36.9 Å². The molecule has 1 aromatic heterocycles. The minimum absolute atomic E-state index is 0.318. The number of carboxylic acids is 1. The van der Waals surface area contributed by atoms with Crippen LogP contribution in [0.3, 0.4) is 0 Å². The van der Waals surface area contributed by atoms with Crippen molar-refractivity contribution in [3.63, 3.8) is 0 Å². The van der Waals surface area contributed by atoms with Gasteiger partial charge in [-0.1, -0.05) is 67.6 Å². The van der Waals surface area contributed by atoms with Crippen molar-refractivity contribution in [3.05, 3.63) is 100 Å². The number of carboxylic acid groups (broad SMARTS) is 1. The monoisotopic (exact) mass is 480 g/mol. The summed E-state index contributed by atoms with van der Waals surface area (Å²) in [7, 11) is 0. The molecule has 0 unspecified atom stereocenters. The van der Waals surface area contributed by atoms with Gasteiger partial charge in [0, 0.05) is 21.4 Å². The molecular formula is C31H28O3S. The minimum atomic E-state index is -0.958. The molecule has 0 aliphatic rings. The first-order valence-electron chi connectivity index (χ1n) is 11.9. The van der Waals surface area contributed by atoms with E-state index < -0.39 is 12.1 Å². The van der Waals surface area contributed by atoms with Gasteiger partial charge >= 0.3 is 5.97 Å². The van der Waals surface area contributed by atoms with Crippen LogP contribution in [0.5, 0.6) is 5.75 Å². The van der Waals surface area contributed by atoms with Crippen molar-refractivity contribution in [1.29, 1.82) is 0 Å². The van der Waals surface area contributed by atoms with Gasteiger partial charge in [-0.25, -0.2) is 4.79 Å². The maximum absolute atomic E-state index is 12.0. The molecule has 4 aromatic carbocycles. The Kier molecular flexibility index (Phi) is 6.31. The number of benzene rings is 4. The van der Waals surface area contributed by atoms with E-state index in [-0.39, 0.29) is 0 Å². The van der Waals surface area contributed by atoms with E-state index in [0.29, 0.717) is 12.2 Å². The molecule has 35 heavy (non-hydrogen) atoms. The van der Waals surface area contributed by atoms with Crippen molar-refractivity contribution in [3.8, 4) is 16.9 Å². The number of carbonyl (C=O) groups is 1. The lowest BCUT2D eigenvalue weighted by atomic mass is 9.91. The molecule has 0 aliphatic carbocycles. The molecule has 0 fully saturated rings. The molecule has 4 heteroatoms. The van der Waals surface area contributed by atoms with Gasteiger partial charge in [-0.15, -0.1) is 11.3 Å². The number of aliphatic carboxylic acids is 1. The molecule has 0 radical (unpaired) electrons. The SMILES string of the molecule is CCc1cc(-c2c3ccccc3cc3sc(C)c(C)c23)ccc1O[C@H](Cc1ccccc1)C(=O)O. The summed E-state index contributed by atoms with van der Waals surface area (Å²) in [5.74, 6) is -0.325. The summed E-state index contributed by atoms with van der Waals surface area (Å²) in [4.78, 5) is 13.3. The number of aryl methyl sites for hydroxylation is 3. The largest absolute Gasteiger partial charge is 0.478 e. The van der Waals surface area contributed by atoms with Gasteiger partial charge in [0.1, 0.15) is 5.75 Å². The highest BCUT2D eigenvalue weighted by Crippen LogP contribution is 2.43. The molecule has 0 spiro atoms. The zero-order valence-electron chi connectivity index (χ0n) is 20.2. The number of ether oxygens (including phenoxy) is 1. The molecule has 0 saturated carbocycles. The van der Waals surface area contributed by atoms with E-state index in [4.69, 9.17) is 4.74 Å². The molecular weight excluding hydrogens is 452 g/mol. The first kappa shape index (κ1) is 23.1. The summed E-state index contributed by atoms with van der Waals surface area (Å²) in [5, 5.41) is 13.6. The molecule has 5 aromatic rings. The van der Waals surface area contributed by atoms with Crippen LogP contribution in [0.4, 0.5) is 0 Å². The second-order valence-electron chi connectivity index (χ2n) is 8.94. The van der Waals surface area contributed by atoms with E-state index in [0.717, 1.165) is 23.1 Å². The third-order valence-electron chi connectivity index (χ3n) is 6.72. The quantitative estimate of drug-likeness (QED) is 0.257. The average Bonchev–Trinajstić information content (AvgIpc) is 3.15. The Labute approximate surface area is 209 Å². The highest BCUT2D eigenvalue weighted by Gasteiger charge is 2.22. The third kappa shape index (κ3) is 4.42. The Hall–Kier alpha value is -3.63. The smallest absolute Gasteiger partial charge is 0.345 e. The molecule has 0 bridgehead atoms. The van der Waals surface area contributed by atoms with Crippen LogP contribution < -0.4 is 4.74 Å². The van der Waals surface area contributed by atoms with Crippen molar-refractivity contribution in [2.24, 2.45) is 0 Å². The van der Waals surface area contributed by atoms with Crippen molar-refractivity contribution in [1.82, 2.24) is 0 Å². The first-order chi connectivity index (χ1) is 17.0. The van der Waals surface area contributed by atoms with Crippen LogP contribution in [0.1, 0.15) is 28.5 Å². The minimum Gasteiger partial charge on any atom is -0.478 e. The first-order valence-corrected chi connectivity index (χ1v) is 12.8. The Morgan fingerprint density at radius 1 is 0.971 bits per heavy atom. The van der Waals surface area contributed by atoms with Crippen LogP contribution in [-0.4, -0.2) is 17.2 Å². The van der Waals surface area contributed by atoms with Gasteiger partial charge in [0.15, 0.2) is 6.10 Å². The molecule has 1 N–H and O–H groups in total. The topological polar surface area (TPSA) is 46.5 Å². The van der Waals surface area contributed by atoms with Crippen LogP contribution in [0.2, 0.25) is 0 Å². The Balaban J connectivity index is 1.60. The molecule has 0 saturated heterocycles. The van der Waals surface area contributed by atoms with Crippen molar-refractivity contribution < 1.29 is 14.6 Å². The Morgan fingerprint density at radius 3 is 2.46 bits per heavy atom. The van der Waals surface area contributed by atoms with E-state index in [1.807, 2.05) is 47.7 Å². The van der Waals surface area contributed by atoms with E-state index in [2.05, 4.69) is 63.2 Å². The van der Waals surface area contributed by atoms with Gasteiger partial charge in [0.25, 0.3) is 0 Å². The lowest BCUT2D eigenvalue weighted by Crippen LogP contribution is -2.29. The summed E-state index contributed by atoms with van der Waals surface area (Å²) in [5.41, 5.74) is 5.63. The maximum Gasteiger partial charge on any atom is 0.345 e. The normalized spacial score (nSPS) is 12.2. The lowest BCUT2D eigenvalue weighted by Gasteiger charge is -2.19. The van der Waals surface area contributed by atoms with Crippen LogP contribution in [0.25, 0.3) is 32.0 Å². The predicted octanol–water partition coefficient (Wildman–Crippen LogP) is 7.98. The lowest BCUT2D eigenvalue weighted by molar-refractivity contribution is -0.145. The number of hydrogen-bond donors (Lipinski definition) is 1. The summed E-state index contributed by atoms with van der Waals surface area (Å²) in [6.45, 7) is 6.46. The van der Waals surface area contributed by atoms with Crippen molar-refractivity contribution >= 4 is 38.2 Å². The molecule has 176 valence electrons. The van der Waals surface area contributed by atoms with Crippen LogP contribution in [-0.2, 0) is 17.6 Å². The predicted molar refractivity (Wildman–Crippen MR) is 146 cm³/mol. The molecule has 1 atom stereocenters. The fourth-order valence-corrected chi connectivity index (χ4v) is 5.91. The summed E-state index contributed by atoms with van der Waals surface area (Å²) >= 11 is 1.84. The molecule has 1 heterocycles. The van der Waals surface area contributed by atoms with Crippen LogP contribution in [0, 0.1) is 13.8 Å². The molecule has 0 aliphatic heterocycles. The fourth-order valence-electron chi connectivity index (χ4n) is 4.78. The van der Waals surface area contributed by atoms with E-state index >= 15 is 0 Å². The molecule has 3 nitrogen and oxygen atoms in total. The van der Waals surface area contributed by atoms with Gasteiger partial charge in [0.2, 0.25) is 0 Å². The zero-order valence-corrected chi connectivity index (χ0v) is 21.0. The maximum atomic E-state index is 12.0. The van der Waals surface area contributed by atoms with Crippen molar-refractivity contribution in [2.45, 2.75) is 39.7 Å². The van der Waals surface area contributed by atoms with Crippen LogP contribution in [0.15, 0.2) is 78.9 Å². The van der Waals surface area contributed by atoms with Gasteiger partial charge in [-0.3, -0.25) is 0 Å². The van der Waals surface area contributed by atoms with Gasteiger partial charge in [-0.2, -0.15) is 0 Å².